The summed E-state index contributed by atoms with van der Waals surface area (Å²) in [6.07, 6.45) is -10.7. The molecule has 3 nitrogen and oxygen atoms in total. The Labute approximate surface area is 189 Å². The van der Waals surface area contributed by atoms with Crippen molar-refractivity contribution in [1.82, 2.24) is 0 Å². The first-order valence-electron chi connectivity index (χ1n) is 8.82. The molecule has 0 bridgehead atoms. The molecular formula is C20H19F6LiO3P. The molecule has 0 N–H and O–H groups in total. The molecule has 0 amide bonds. The monoisotopic (exact) mass is 459 g/mol. The Hall–Kier alpha value is -1.52. The topological polar surface area (TPSA) is 35.5 Å². The predicted molar refractivity (Wildman–Crippen MR) is 107 cm³/mol. The Balaban J connectivity index is 0.00000480. The third-order valence-electron chi connectivity index (χ3n) is 4.05. The van der Waals surface area contributed by atoms with E-state index in [1.807, 2.05) is 0 Å². The van der Waals surface area contributed by atoms with Gasteiger partial charge in [-0.25, -0.2) is 0 Å². The number of halogens is 6. The first-order chi connectivity index (χ1) is 13.8. The summed E-state index contributed by atoms with van der Waals surface area (Å²) in [6.45, 7) is 5.47. The largest absolute Gasteiger partial charge is 0.465 e. The van der Waals surface area contributed by atoms with Crippen molar-refractivity contribution in [3.63, 3.8) is 0 Å². The molecule has 2 unspecified atom stereocenters. The maximum atomic E-state index is 13.3. The second-order valence-electron chi connectivity index (χ2n) is 6.30. The zero-order valence-corrected chi connectivity index (χ0v) is 18.2. The fourth-order valence-electron chi connectivity index (χ4n) is 2.76. The first kappa shape index (κ1) is 27.5. The average Bonchev–Trinajstić information content (AvgIpc) is 2.62. The van der Waals surface area contributed by atoms with E-state index in [0.29, 0.717) is 41.4 Å². The third kappa shape index (κ3) is 7.25. The van der Waals surface area contributed by atoms with Crippen LogP contribution in [0.4, 0.5) is 26.3 Å². The van der Waals surface area contributed by atoms with Gasteiger partial charge < -0.3 is 9.47 Å². The van der Waals surface area contributed by atoms with Gasteiger partial charge in [-0.15, -0.1) is 0 Å². The molecule has 0 aromatic heterocycles. The van der Waals surface area contributed by atoms with Crippen LogP contribution < -0.4 is 10.0 Å². The summed E-state index contributed by atoms with van der Waals surface area (Å²) in [7, 11) is -0.928. The summed E-state index contributed by atoms with van der Waals surface area (Å²) in [5.41, 5.74) is -5.30. The van der Waals surface area contributed by atoms with Crippen molar-refractivity contribution in [3.05, 3.63) is 58.7 Å². The van der Waals surface area contributed by atoms with Gasteiger partial charge in [-0.3, -0.25) is 4.79 Å². The van der Waals surface area contributed by atoms with Gasteiger partial charge in [0.25, 0.3) is 0 Å². The Morgan fingerprint density at radius 3 is 2.03 bits per heavy atom. The number of rotatable bonds is 7. The van der Waals surface area contributed by atoms with Crippen LogP contribution in [0.1, 0.15) is 40.9 Å². The predicted octanol–water partition coefficient (Wildman–Crippen LogP) is 5.56. The van der Waals surface area contributed by atoms with Gasteiger partial charge >= 0.3 is 12.4 Å². The summed E-state index contributed by atoms with van der Waals surface area (Å²) in [5, 5.41) is 0.321. The van der Waals surface area contributed by atoms with Gasteiger partial charge in [0.15, 0.2) is 11.8 Å². The number of ether oxygens (including phenoxy) is 2. The van der Waals surface area contributed by atoms with E-state index >= 15 is 0 Å². The van der Waals surface area contributed by atoms with E-state index in [1.54, 1.807) is 26.8 Å². The normalized spacial score (nSPS) is 13.2. The van der Waals surface area contributed by atoms with E-state index in [-0.39, 0.29) is 18.9 Å². The fourth-order valence-corrected chi connectivity index (χ4v) is 3.84. The van der Waals surface area contributed by atoms with Crippen LogP contribution in [0.5, 0.6) is 5.75 Å². The minimum atomic E-state index is -5.10. The van der Waals surface area contributed by atoms with Crippen molar-refractivity contribution in [2.45, 2.75) is 39.4 Å². The van der Waals surface area contributed by atoms with Crippen LogP contribution in [0, 0.1) is 6.92 Å². The molecule has 0 spiro atoms. The van der Waals surface area contributed by atoms with Crippen LogP contribution in [-0.2, 0) is 17.1 Å². The summed E-state index contributed by atoms with van der Waals surface area (Å²) >= 11 is 0. The molecule has 31 heavy (non-hydrogen) atoms. The minimum Gasteiger partial charge on any atom is -0.465 e. The number of benzene rings is 2. The van der Waals surface area contributed by atoms with Crippen LogP contribution in [0.3, 0.4) is 0 Å². The van der Waals surface area contributed by atoms with Crippen molar-refractivity contribution in [2.24, 2.45) is 0 Å². The number of aryl methyl sites for hydroxylation is 1. The molecule has 0 saturated heterocycles. The van der Waals surface area contributed by atoms with Crippen LogP contribution in [0.2, 0.25) is 0 Å². The molecule has 2 rings (SSSR count). The van der Waals surface area contributed by atoms with Gasteiger partial charge in [-0.1, -0.05) is 12.1 Å². The van der Waals surface area contributed by atoms with E-state index < -0.39 is 49.4 Å². The summed E-state index contributed by atoms with van der Waals surface area (Å²) in [4.78, 5) is 12.6. The SMILES string of the molecule is CCOC(C)Oc1ccc(PC(=O)c2c(C(F)(F)F)cccc2C(F)(F)F)c(C)c1.[Li]. The van der Waals surface area contributed by atoms with Crippen molar-refractivity contribution in [2.75, 3.05) is 6.61 Å². The van der Waals surface area contributed by atoms with E-state index in [2.05, 4.69) is 0 Å². The van der Waals surface area contributed by atoms with Gasteiger partial charge in [-0.2, -0.15) is 26.3 Å². The smallest absolute Gasteiger partial charge is 0.417 e. The number of carbonyl (C=O) groups excluding carboxylic acids is 1. The van der Waals surface area contributed by atoms with E-state index in [9.17, 15) is 31.1 Å². The summed E-state index contributed by atoms with van der Waals surface area (Å²) in [6, 6.07) is 6.08. The van der Waals surface area contributed by atoms with Gasteiger partial charge in [-0.05, 0) is 64.5 Å². The second kappa shape index (κ2) is 10.9. The number of carbonyl (C=O) groups is 1. The van der Waals surface area contributed by atoms with Gasteiger partial charge in [0.05, 0.1) is 11.1 Å². The quantitative estimate of drug-likeness (QED) is 0.236. The molecule has 2 aromatic rings. The third-order valence-corrected chi connectivity index (χ3v) is 5.36. The molecule has 2 aromatic carbocycles. The molecule has 165 valence electrons. The Morgan fingerprint density at radius 1 is 1.03 bits per heavy atom. The second-order valence-corrected chi connectivity index (χ2v) is 7.54. The Bertz CT molecular complexity index is 883. The molecule has 1 radical (unpaired) electrons. The zero-order chi connectivity index (χ0) is 22.7. The molecule has 2 atom stereocenters. The standard InChI is InChI=1S/C20H19F6O3P.Li/c1-4-28-12(3)29-13-8-9-16(11(2)10-13)30-18(27)17-14(19(21,22)23)6-5-7-15(17)20(24,25)26;/h5-10,12,30H,4H2,1-3H3;. The molecule has 0 aliphatic rings. The van der Waals surface area contributed by atoms with Gasteiger partial charge in [0.1, 0.15) is 5.75 Å². The average molecular weight is 459 g/mol. The van der Waals surface area contributed by atoms with Crippen LogP contribution in [-0.4, -0.2) is 37.3 Å². The van der Waals surface area contributed by atoms with E-state index in [0.717, 1.165) is 0 Å². The molecule has 0 aliphatic heterocycles. The Kier molecular flexibility index (Phi) is 9.65. The van der Waals surface area contributed by atoms with E-state index in [4.69, 9.17) is 9.47 Å². The molecule has 0 heterocycles. The van der Waals surface area contributed by atoms with Crippen molar-refractivity contribution < 1.29 is 40.6 Å². The first-order valence-corrected chi connectivity index (χ1v) is 9.82. The number of hydrogen-bond acceptors (Lipinski definition) is 3. The molecule has 0 saturated carbocycles. The van der Waals surface area contributed by atoms with Crippen LogP contribution >= 0.6 is 8.58 Å². The Morgan fingerprint density at radius 2 is 1.58 bits per heavy atom. The maximum Gasteiger partial charge on any atom is 0.417 e. The summed E-state index contributed by atoms with van der Waals surface area (Å²) < 4.78 is 90.5. The van der Waals surface area contributed by atoms with Crippen LogP contribution in [0.15, 0.2) is 36.4 Å². The van der Waals surface area contributed by atoms with Crippen molar-refractivity contribution in [1.29, 1.82) is 0 Å². The molecular weight excluding hydrogens is 440 g/mol. The molecule has 0 aliphatic carbocycles. The van der Waals surface area contributed by atoms with Crippen molar-refractivity contribution >= 4 is 38.3 Å². The van der Waals surface area contributed by atoms with Gasteiger partial charge in [0.2, 0.25) is 0 Å². The van der Waals surface area contributed by atoms with Crippen LogP contribution in [0.25, 0.3) is 0 Å². The zero-order valence-electron chi connectivity index (χ0n) is 17.2. The molecule has 0 fully saturated rings. The summed E-state index contributed by atoms with van der Waals surface area (Å²) in [5.74, 6) is 0.404. The van der Waals surface area contributed by atoms with Gasteiger partial charge in [0, 0.05) is 31.0 Å². The number of alkyl halides is 6. The maximum absolute atomic E-state index is 13.3. The minimum absolute atomic E-state index is 0. The fraction of sp³-hybridized carbons (Fsp3) is 0.350. The van der Waals surface area contributed by atoms with E-state index in [1.165, 1.54) is 12.1 Å². The van der Waals surface area contributed by atoms with Crippen molar-refractivity contribution in [3.8, 4) is 5.75 Å². The number of hydrogen-bond donors (Lipinski definition) is 0. The molecule has 11 heteroatoms.